The van der Waals surface area contributed by atoms with Gasteiger partial charge in [0.1, 0.15) is 17.6 Å². The summed E-state index contributed by atoms with van der Waals surface area (Å²) in [6, 6.07) is 11.3. The van der Waals surface area contributed by atoms with E-state index in [4.69, 9.17) is 10.00 Å². The molecule has 0 aliphatic carbocycles. The van der Waals surface area contributed by atoms with Crippen LogP contribution in [0.5, 0.6) is 11.5 Å². The highest BCUT2D eigenvalue weighted by Crippen LogP contribution is 2.38. The lowest BCUT2D eigenvalue weighted by molar-refractivity contribution is -0.138. The zero-order valence-corrected chi connectivity index (χ0v) is 11.5. The van der Waals surface area contributed by atoms with Crippen molar-refractivity contribution in [3.8, 4) is 17.6 Å². The number of hydrogen-bond donors (Lipinski definition) is 0. The van der Waals surface area contributed by atoms with Crippen molar-refractivity contribution in [3.63, 3.8) is 0 Å². The molecule has 0 aliphatic heterocycles. The van der Waals surface area contributed by atoms with E-state index in [-0.39, 0.29) is 17.1 Å². The summed E-state index contributed by atoms with van der Waals surface area (Å²) in [4.78, 5) is 0. The maximum Gasteiger partial charge on any atom is 0.419 e. The van der Waals surface area contributed by atoms with Crippen molar-refractivity contribution in [1.82, 2.24) is 0 Å². The molecule has 0 N–H and O–H groups in total. The van der Waals surface area contributed by atoms with Gasteiger partial charge in [0, 0.05) is 4.47 Å². The van der Waals surface area contributed by atoms with Crippen LogP contribution in [0.4, 0.5) is 13.2 Å². The van der Waals surface area contributed by atoms with Crippen molar-refractivity contribution in [2.24, 2.45) is 0 Å². The topological polar surface area (TPSA) is 33.0 Å². The van der Waals surface area contributed by atoms with Crippen LogP contribution in [0, 0.1) is 11.3 Å². The van der Waals surface area contributed by atoms with E-state index in [2.05, 4.69) is 15.9 Å². The molecule has 0 unspecified atom stereocenters. The molecule has 20 heavy (non-hydrogen) atoms. The molecule has 2 aromatic carbocycles. The fourth-order valence-corrected chi connectivity index (χ4v) is 1.95. The molecule has 0 aromatic heterocycles. The molecule has 0 saturated carbocycles. The second-order valence-corrected chi connectivity index (χ2v) is 4.76. The van der Waals surface area contributed by atoms with Crippen LogP contribution in [0.25, 0.3) is 0 Å². The van der Waals surface area contributed by atoms with Crippen LogP contribution in [0.15, 0.2) is 46.9 Å². The standard InChI is InChI=1S/C14H7BrF3NO/c15-10-5-6-12(9(7-10)8-19)20-13-4-2-1-3-11(13)14(16,17)18/h1-7H. The van der Waals surface area contributed by atoms with Gasteiger partial charge < -0.3 is 4.74 Å². The fourth-order valence-electron chi connectivity index (χ4n) is 1.59. The van der Waals surface area contributed by atoms with E-state index in [0.29, 0.717) is 4.47 Å². The van der Waals surface area contributed by atoms with Gasteiger partial charge in [-0.1, -0.05) is 28.1 Å². The van der Waals surface area contributed by atoms with Gasteiger partial charge in [-0.15, -0.1) is 0 Å². The Kier molecular flexibility index (Phi) is 4.00. The number of rotatable bonds is 2. The molecule has 6 heteroatoms. The van der Waals surface area contributed by atoms with Gasteiger partial charge in [-0.3, -0.25) is 0 Å². The van der Waals surface area contributed by atoms with E-state index in [0.717, 1.165) is 6.07 Å². The lowest BCUT2D eigenvalue weighted by Gasteiger charge is -2.14. The summed E-state index contributed by atoms with van der Waals surface area (Å²) in [5, 5.41) is 8.98. The minimum absolute atomic E-state index is 0.0763. The molecular formula is C14H7BrF3NO. The zero-order chi connectivity index (χ0) is 14.8. The van der Waals surface area contributed by atoms with Crippen molar-refractivity contribution >= 4 is 15.9 Å². The van der Waals surface area contributed by atoms with Crippen molar-refractivity contribution < 1.29 is 17.9 Å². The largest absolute Gasteiger partial charge is 0.455 e. The van der Waals surface area contributed by atoms with Gasteiger partial charge in [-0.2, -0.15) is 18.4 Å². The predicted molar refractivity (Wildman–Crippen MR) is 70.4 cm³/mol. The van der Waals surface area contributed by atoms with E-state index in [1.54, 1.807) is 6.07 Å². The summed E-state index contributed by atoms with van der Waals surface area (Å²) in [7, 11) is 0. The van der Waals surface area contributed by atoms with Gasteiger partial charge in [0.2, 0.25) is 0 Å². The van der Waals surface area contributed by atoms with Gasteiger partial charge in [-0.25, -0.2) is 0 Å². The zero-order valence-electron chi connectivity index (χ0n) is 9.91. The molecule has 0 amide bonds. The van der Waals surface area contributed by atoms with Gasteiger partial charge in [-0.05, 0) is 30.3 Å². The van der Waals surface area contributed by atoms with Gasteiger partial charge in [0.05, 0.1) is 11.1 Å². The Labute approximate surface area is 121 Å². The summed E-state index contributed by atoms with van der Waals surface area (Å²) in [5.41, 5.74) is -0.733. The predicted octanol–water partition coefficient (Wildman–Crippen LogP) is 5.13. The normalized spacial score (nSPS) is 10.9. The van der Waals surface area contributed by atoms with E-state index in [9.17, 15) is 13.2 Å². The molecule has 0 radical (unpaired) electrons. The first-order valence-corrected chi connectivity index (χ1v) is 6.25. The maximum absolute atomic E-state index is 12.8. The summed E-state index contributed by atoms with van der Waals surface area (Å²) in [5.74, 6) is -0.258. The monoisotopic (exact) mass is 341 g/mol. The maximum atomic E-state index is 12.8. The third-order valence-electron chi connectivity index (χ3n) is 2.47. The Morgan fingerprint density at radius 2 is 1.75 bits per heavy atom. The van der Waals surface area contributed by atoms with Gasteiger partial charge >= 0.3 is 6.18 Å². The minimum atomic E-state index is -4.52. The van der Waals surface area contributed by atoms with Gasteiger partial charge in [0.15, 0.2) is 0 Å². The molecule has 2 aromatic rings. The highest BCUT2D eigenvalue weighted by molar-refractivity contribution is 9.10. The first-order valence-electron chi connectivity index (χ1n) is 5.45. The molecule has 0 saturated heterocycles. The van der Waals surface area contributed by atoms with Gasteiger partial charge in [0.25, 0.3) is 0 Å². The number of hydrogen-bond acceptors (Lipinski definition) is 2. The molecule has 2 rings (SSSR count). The summed E-state index contributed by atoms with van der Waals surface area (Å²) >= 11 is 3.18. The van der Waals surface area contributed by atoms with E-state index in [1.165, 1.54) is 30.3 Å². The minimum Gasteiger partial charge on any atom is -0.455 e. The number of benzene rings is 2. The van der Waals surface area contributed by atoms with Crippen LogP contribution >= 0.6 is 15.9 Å². The molecule has 0 bridgehead atoms. The first kappa shape index (κ1) is 14.4. The molecule has 0 fully saturated rings. The van der Waals surface area contributed by atoms with E-state index < -0.39 is 11.7 Å². The molecule has 0 atom stereocenters. The van der Waals surface area contributed by atoms with Crippen molar-refractivity contribution in [1.29, 1.82) is 5.26 Å². The number of halogens is 4. The first-order chi connectivity index (χ1) is 9.41. The average Bonchev–Trinajstić information content (AvgIpc) is 2.40. The molecule has 0 spiro atoms. The second-order valence-electron chi connectivity index (χ2n) is 3.85. The van der Waals surface area contributed by atoms with Crippen molar-refractivity contribution in [3.05, 3.63) is 58.1 Å². The molecule has 102 valence electrons. The number of alkyl halides is 3. The van der Waals surface area contributed by atoms with Crippen LogP contribution in [0.1, 0.15) is 11.1 Å². The third-order valence-corrected chi connectivity index (χ3v) is 2.97. The van der Waals surface area contributed by atoms with Crippen LogP contribution < -0.4 is 4.74 Å². The van der Waals surface area contributed by atoms with Crippen LogP contribution in [-0.2, 0) is 6.18 Å². The van der Waals surface area contributed by atoms with Crippen molar-refractivity contribution in [2.75, 3.05) is 0 Å². The Balaban J connectivity index is 2.44. The Morgan fingerprint density at radius 1 is 1.05 bits per heavy atom. The summed E-state index contributed by atoms with van der Waals surface area (Å²) < 4.78 is 44.4. The lowest BCUT2D eigenvalue weighted by atomic mass is 10.2. The summed E-state index contributed by atoms with van der Waals surface area (Å²) in [6.45, 7) is 0. The molecular weight excluding hydrogens is 335 g/mol. The van der Waals surface area contributed by atoms with Crippen LogP contribution in [-0.4, -0.2) is 0 Å². The molecule has 2 nitrogen and oxygen atoms in total. The fraction of sp³-hybridized carbons (Fsp3) is 0.0714. The molecule has 0 heterocycles. The van der Waals surface area contributed by atoms with E-state index in [1.807, 2.05) is 6.07 Å². The third kappa shape index (κ3) is 3.11. The SMILES string of the molecule is N#Cc1cc(Br)ccc1Oc1ccccc1C(F)(F)F. The van der Waals surface area contributed by atoms with E-state index >= 15 is 0 Å². The highest BCUT2D eigenvalue weighted by atomic mass is 79.9. The number of nitrogens with zero attached hydrogens (tertiary/aromatic N) is 1. The van der Waals surface area contributed by atoms with Crippen molar-refractivity contribution in [2.45, 2.75) is 6.18 Å². The quantitative estimate of drug-likeness (QED) is 0.758. The van der Waals surface area contributed by atoms with Crippen LogP contribution in [0.3, 0.4) is 0 Å². The Bertz CT molecular complexity index is 677. The van der Waals surface area contributed by atoms with Crippen LogP contribution in [0.2, 0.25) is 0 Å². The average molecular weight is 342 g/mol. The smallest absolute Gasteiger partial charge is 0.419 e. The number of nitriles is 1. The molecule has 0 aliphatic rings. The Morgan fingerprint density at radius 3 is 2.40 bits per heavy atom. The highest BCUT2D eigenvalue weighted by Gasteiger charge is 2.34. The number of ether oxygens (including phenoxy) is 1. The number of para-hydroxylation sites is 1. The summed E-state index contributed by atoms with van der Waals surface area (Å²) in [6.07, 6.45) is -4.52. The lowest BCUT2D eigenvalue weighted by Crippen LogP contribution is -2.07. The Hall–Kier alpha value is -2.00. The second kappa shape index (κ2) is 5.55.